The molecule has 12 heteroatoms. The fourth-order valence-corrected chi connectivity index (χ4v) is 5.33. The summed E-state index contributed by atoms with van der Waals surface area (Å²) in [6.07, 6.45) is -7.01. The van der Waals surface area contributed by atoms with Crippen molar-refractivity contribution in [3.63, 3.8) is 0 Å². The number of benzene rings is 2. The summed E-state index contributed by atoms with van der Waals surface area (Å²) in [5, 5.41) is 2.19. The Morgan fingerprint density at radius 1 is 1.03 bits per heavy atom. The molecule has 0 amide bonds. The Balaban J connectivity index is 0.000000282. The van der Waals surface area contributed by atoms with Crippen molar-refractivity contribution in [1.82, 2.24) is 0 Å². The van der Waals surface area contributed by atoms with Crippen LogP contribution in [0, 0.1) is 0 Å². The first-order valence-corrected chi connectivity index (χ1v) is 12.3. The molecular formula is C20H22F6O4S2. The second-order valence-electron chi connectivity index (χ2n) is 6.89. The molecule has 0 aromatic heterocycles. The highest BCUT2D eigenvalue weighted by Crippen LogP contribution is 2.44. The number of ether oxygens (including phenoxy) is 1. The van der Waals surface area contributed by atoms with Gasteiger partial charge < -0.3 is 4.74 Å². The molecule has 0 spiro atoms. The van der Waals surface area contributed by atoms with E-state index in [2.05, 4.69) is 4.18 Å². The van der Waals surface area contributed by atoms with Crippen molar-refractivity contribution >= 4 is 32.7 Å². The average molecular weight is 505 g/mol. The highest BCUT2D eigenvalue weighted by atomic mass is 32.2. The maximum Gasteiger partial charge on any atom is 0.537 e. The number of thioether (sulfide) groups is 1. The van der Waals surface area contributed by atoms with E-state index in [1.165, 1.54) is 18.9 Å². The molecule has 1 aliphatic heterocycles. The molecule has 2 aromatic carbocycles. The molecule has 0 radical (unpaired) electrons. The van der Waals surface area contributed by atoms with Crippen molar-refractivity contribution in [2.75, 3.05) is 18.1 Å². The summed E-state index contributed by atoms with van der Waals surface area (Å²) >= 11 is 1.91. The fraction of sp³-hybridized carbons (Fsp3) is 0.500. The van der Waals surface area contributed by atoms with Gasteiger partial charge in [0.25, 0.3) is 10.1 Å². The molecule has 1 fully saturated rings. The van der Waals surface area contributed by atoms with Gasteiger partial charge in [0, 0.05) is 10.6 Å². The largest absolute Gasteiger partial charge is 0.537 e. The lowest BCUT2D eigenvalue weighted by Crippen LogP contribution is -2.21. The Kier molecular flexibility index (Phi) is 9.12. The van der Waals surface area contributed by atoms with Gasteiger partial charge >= 0.3 is 12.5 Å². The van der Waals surface area contributed by atoms with Gasteiger partial charge in [-0.25, -0.2) is 0 Å². The molecule has 3 rings (SSSR count). The number of alkyl halides is 6. The van der Waals surface area contributed by atoms with Crippen molar-refractivity contribution in [2.45, 2.75) is 44.0 Å². The summed E-state index contributed by atoms with van der Waals surface area (Å²) in [6.45, 7) is 0.186. The minimum absolute atomic E-state index is 0.0956. The first-order valence-electron chi connectivity index (χ1n) is 9.64. The Morgan fingerprint density at radius 2 is 1.69 bits per heavy atom. The molecule has 1 atom stereocenters. The monoisotopic (exact) mass is 504 g/mol. The number of halogens is 6. The number of hydrogen-bond donors (Lipinski definition) is 0. The minimum Gasteiger partial charge on any atom is -0.483 e. The number of fused-ring (bicyclic) bond motifs is 1. The van der Waals surface area contributed by atoms with Crippen LogP contribution in [0.3, 0.4) is 0 Å². The minimum atomic E-state index is -5.10. The molecule has 0 saturated carbocycles. The first-order chi connectivity index (χ1) is 14.8. The van der Waals surface area contributed by atoms with Gasteiger partial charge in [0.2, 0.25) is 0 Å². The Morgan fingerprint density at radius 3 is 2.22 bits per heavy atom. The Labute approximate surface area is 186 Å². The SMILES string of the molecule is CCCS(=O)(=O)OC(F)(F)F.FC(F)(F)COc1ccc(C2CCCS2)c2ccccc12. The van der Waals surface area contributed by atoms with Gasteiger partial charge in [0.1, 0.15) is 5.75 Å². The second kappa shape index (κ2) is 11.0. The normalized spacial score (nSPS) is 17.2. The molecule has 180 valence electrons. The molecule has 1 heterocycles. The van der Waals surface area contributed by atoms with Crippen LogP contribution in [0.5, 0.6) is 5.75 Å². The van der Waals surface area contributed by atoms with E-state index in [1.807, 2.05) is 42.1 Å². The van der Waals surface area contributed by atoms with Gasteiger partial charge in [0.05, 0.1) is 5.75 Å². The Bertz CT molecular complexity index is 984. The summed E-state index contributed by atoms with van der Waals surface area (Å²) in [5.41, 5.74) is 1.20. The molecular weight excluding hydrogens is 482 g/mol. The smallest absolute Gasteiger partial charge is 0.483 e. The number of hydrogen-bond acceptors (Lipinski definition) is 5. The zero-order valence-electron chi connectivity index (χ0n) is 17.0. The first kappa shape index (κ1) is 26.6. The predicted octanol–water partition coefficient (Wildman–Crippen LogP) is 6.61. The zero-order chi connectivity index (χ0) is 24.0. The molecule has 2 aromatic rings. The summed E-state index contributed by atoms with van der Waals surface area (Å²) < 4.78 is 99.2. The van der Waals surface area contributed by atoms with Crippen molar-refractivity contribution in [3.8, 4) is 5.75 Å². The second-order valence-corrected chi connectivity index (χ2v) is 9.90. The standard InChI is InChI=1S/C16H15F3OS.C4H7F3O3S/c17-16(18,19)10-20-14-8-7-13(15-6-3-9-21-15)11-4-1-2-5-12(11)14;1-2-3-11(8,9)10-4(5,6)7/h1-2,4-5,7-8,15H,3,6,9-10H2;2-3H2,1H3. The van der Waals surface area contributed by atoms with Crippen LogP contribution in [-0.4, -0.2) is 39.1 Å². The summed E-state index contributed by atoms with van der Waals surface area (Å²) in [5.74, 6) is 0.826. The van der Waals surface area contributed by atoms with Crippen LogP contribution in [0.2, 0.25) is 0 Å². The molecule has 4 nitrogen and oxygen atoms in total. The maximum atomic E-state index is 12.3. The molecule has 1 unspecified atom stereocenters. The summed E-state index contributed by atoms with van der Waals surface area (Å²) in [6, 6.07) is 11.1. The van der Waals surface area contributed by atoms with Crippen LogP contribution >= 0.6 is 11.8 Å². The van der Waals surface area contributed by atoms with Gasteiger partial charge in [-0.2, -0.15) is 37.5 Å². The van der Waals surface area contributed by atoms with Crippen LogP contribution in [0.15, 0.2) is 36.4 Å². The zero-order valence-corrected chi connectivity index (χ0v) is 18.6. The van der Waals surface area contributed by atoms with E-state index in [0.29, 0.717) is 11.0 Å². The lowest BCUT2D eigenvalue weighted by atomic mass is 9.99. The van der Waals surface area contributed by atoms with E-state index in [1.54, 1.807) is 6.07 Å². The lowest BCUT2D eigenvalue weighted by molar-refractivity contribution is -0.271. The van der Waals surface area contributed by atoms with E-state index < -0.39 is 35.0 Å². The van der Waals surface area contributed by atoms with Crippen molar-refractivity contribution < 1.29 is 43.7 Å². The maximum absolute atomic E-state index is 12.3. The molecule has 32 heavy (non-hydrogen) atoms. The molecule has 0 aliphatic carbocycles. The van der Waals surface area contributed by atoms with E-state index in [-0.39, 0.29) is 6.42 Å². The highest BCUT2D eigenvalue weighted by molar-refractivity contribution is 7.99. The average Bonchev–Trinajstić information content (AvgIpc) is 3.18. The van der Waals surface area contributed by atoms with Crippen molar-refractivity contribution in [3.05, 3.63) is 42.0 Å². The fourth-order valence-electron chi connectivity index (χ4n) is 3.12. The van der Waals surface area contributed by atoms with E-state index in [0.717, 1.165) is 22.9 Å². The van der Waals surface area contributed by atoms with Crippen LogP contribution in [0.1, 0.15) is 37.0 Å². The van der Waals surface area contributed by atoms with Crippen LogP contribution in [-0.2, 0) is 14.3 Å². The Hall–Kier alpha value is -1.66. The van der Waals surface area contributed by atoms with Gasteiger partial charge in [-0.15, -0.1) is 13.2 Å². The van der Waals surface area contributed by atoms with Gasteiger partial charge in [0.15, 0.2) is 6.61 Å². The van der Waals surface area contributed by atoms with Crippen LogP contribution < -0.4 is 4.74 Å². The van der Waals surface area contributed by atoms with Crippen molar-refractivity contribution in [1.29, 1.82) is 0 Å². The summed E-state index contributed by atoms with van der Waals surface area (Å²) in [4.78, 5) is 0. The quantitative estimate of drug-likeness (QED) is 0.327. The van der Waals surface area contributed by atoms with Crippen molar-refractivity contribution in [2.24, 2.45) is 0 Å². The predicted molar refractivity (Wildman–Crippen MR) is 111 cm³/mol. The van der Waals surface area contributed by atoms with Gasteiger partial charge in [-0.3, -0.25) is 0 Å². The van der Waals surface area contributed by atoms with Crippen LogP contribution in [0.25, 0.3) is 10.8 Å². The summed E-state index contributed by atoms with van der Waals surface area (Å²) in [7, 11) is -4.41. The lowest BCUT2D eigenvalue weighted by Gasteiger charge is -2.16. The van der Waals surface area contributed by atoms with Crippen LogP contribution in [0.4, 0.5) is 26.3 Å². The molecule has 0 bridgehead atoms. The van der Waals surface area contributed by atoms with E-state index in [9.17, 15) is 34.8 Å². The van der Waals surface area contributed by atoms with E-state index >= 15 is 0 Å². The van der Waals surface area contributed by atoms with Gasteiger partial charge in [-0.05, 0) is 42.0 Å². The third-order valence-corrected chi connectivity index (χ3v) is 7.03. The van der Waals surface area contributed by atoms with E-state index in [4.69, 9.17) is 4.74 Å². The molecule has 0 N–H and O–H groups in total. The third-order valence-electron chi connectivity index (χ3n) is 4.26. The third kappa shape index (κ3) is 8.70. The topological polar surface area (TPSA) is 52.6 Å². The highest BCUT2D eigenvalue weighted by Gasteiger charge is 2.36. The molecule has 1 aliphatic rings. The van der Waals surface area contributed by atoms with Gasteiger partial charge in [-0.1, -0.05) is 37.3 Å². The molecule has 1 saturated heterocycles. The number of rotatable bonds is 6.